The summed E-state index contributed by atoms with van der Waals surface area (Å²) in [4.78, 5) is 0. The fourth-order valence-corrected chi connectivity index (χ4v) is 2.42. The fourth-order valence-electron chi connectivity index (χ4n) is 2.16. The van der Waals surface area contributed by atoms with Crippen molar-refractivity contribution in [3.8, 4) is 0 Å². The molecule has 2 aromatic carbocycles. The van der Waals surface area contributed by atoms with Crippen LogP contribution in [0.25, 0.3) is 0 Å². The fraction of sp³-hybridized carbons (Fsp3) is 0.278. The molecule has 0 aliphatic rings. The van der Waals surface area contributed by atoms with E-state index >= 15 is 0 Å². The minimum Gasteiger partial charge on any atom is -0.331 e. The van der Waals surface area contributed by atoms with E-state index < -0.39 is 0 Å². The molecule has 0 fully saturated rings. The predicted octanol–water partition coefficient (Wildman–Crippen LogP) is 4.37. The van der Waals surface area contributed by atoms with Crippen LogP contribution >= 0.6 is 12.2 Å². The summed E-state index contributed by atoms with van der Waals surface area (Å²) in [5.41, 5.74) is 6.57. The predicted molar refractivity (Wildman–Crippen MR) is 99.3 cm³/mol. The van der Waals surface area contributed by atoms with Crippen molar-refractivity contribution in [2.75, 3.05) is 17.4 Å². The lowest BCUT2D eigenvalue weighted by atomic mass is 10.1. The molecule has 0 unspecified atom stereocenters. The normalized spacial score (nSPS) is 10.1. The number of para-hydroxylation sites is 1. The van der Waals surface area contributed by atoms with Gasteiger partial charge in [-0.05, 0) is 54.9 Å². The van der Waals surface area contributed by atoms with Crippen LogP contribution in [0.5, 0.6) is 0 Å². The number of benzene rings is 2. The van der Waals surface area contributed by atoms with E-state index in [-0.39, 0.29) is 0 Å². The molecular weight excluding hydrogens is 290 g/mol. The Morgan fingerprint density at radius 1 is 1.05 bits per heavy atom. The van der Waals surface area contributed by atoms with Crippen LogP contribution in [-0.2, 0) is 6.42 Å². The summed E-state index contributed by atoms with van der Waals surface area (Å²) < 4.78 is 0. The van der Waals surface area contributed by atoms with E-state index in [0.717, 1.165) is 17.8 Å². The van der Waals surface area contributed by atoms with E-state index in [1.54, 1.807) is 0 Å². The maximum absolute atomic E-state index is 5.35. The van der Waals surface area contributed by atoms with E-state index in [1.165, 1.54) is 18.4 Å². The summed E-state index contributed by atoms with van der Waals surface area (Å²) in [7, 11) is 1.94. The highest BCUT2D eigenvalue weighted by Gasteiger charge is 2.03. The van der Waals surface area contributed by atoms with Crippen molar-refractivity contribution in [1.29, 1.82) is 0 Å². The number of unbranched alkanes of at least 4 members (excludes halogenated alkanes) is 1. The molecule has 0 amide bonds. The van der Waals surface area contributed by atoms with E-state index in [9.17, 15) is 0 Å². The molecule has 4 heteroatoms. The Kier molecular flexibility index (Phi) is 6.22. The first-order valence-corrected chi connectivity index (χ1v) is 8.05. The second-order valence-corrected chi connectivity index (χ2v) is 5.67. The zero-order valence-electron chi connectivity index (χ0n) is 13.2. The van der Waals surface area contributed by atoms with Crippen molar-refractivity contribution in [2.24, 2.45) is 0 Å². The van der Waals surface area contributed by atoms with Gasteiger partial charge in [0.15, 0.2) is 5.11 Å². The molecule has 0 aliphatic carbocycles. The summed E-state index contributed by atoms with van der Waals surface area (Å²) >= 11 is 5.35. The first kappa shape index (κ1) is 16.3. The Balaban J connectivity index is 1.86. The van der Waals surface area contributed by atoms with Crippen molar-refractivity contribution in [3.63, 3.8) is 0 Å². The number of hydrogen-bond acceptors (Lipinski definition) is 2. The number of hydrogen-bond donors (Lipinski definition) is 2. The Morgan fingerprint density at radius 2 is 1.73 bits per heavy atom. The molecule has 2 N–H and O–H groups in total. The third-order valence-electron chi connectivity index (χ3n) is 3.44. The van der Waals surface area contributed by atoms with Crippen molar-refractivity contribution in [3.05, 3.63) is 60.2 Å². The molecule has 0 aliphatic heterocycles. The van der Waals surface area contributed by atoms with Gasteiger partial charge in [0.05, 0.1) is 5.69 Å². The van der Waals surface area contributed by atoms with Crippen molar-refractivity contribution in [2.45, 2.75) is 26.2 Å². The highest BCUT2D eigenvalue weighted by atomic mass is 32.1. The van der Waals surface area contributed by atoms with Gasteiger partial charge in [-0.2, -0.15) is 0 Å². The molecule has 0 atom stereocenters. The van der Waals surface area contributed by atoms with Crippen LogP contribution in [0.3, 0.4) is 0 Å². The van der Waals surface area contributed by atoms with E-state index in [1.807, 2.05) is 42.4 Å². The highest BCUT2D eigenvalue weighted by molar-refractivity contribution is 7.80. The van der Waals surface area contributed by atoms with Crippen LogP contribution in [0.4, 0.5) is 11.4 Å². The van der Waals surface area contributed by atoms with Crippen LogP contribution < -0.4 is 15.8 Å². The van der Waals surface area contributed by atoms with Gasteiger partial charge in [0.2, 0.25) is 0 Å². The lowest BCUT2D eigenvalue weighted by Crippen LogP contribution is -2.41. The van der Waals surface area contributed by atoms with Gasteiger partial charge in [-0.3, -0.25) is 10.4 Å². The molecule has 0 saturated heterocycles. The number of hydrazine groups is 1. The van der Waals surface area contributed by atoms with Crippen molar-refractivity contribution >= 4 is 28.7 Å². The SMILES string of the molecule is CCCCc1ccc(NC(=S)NN(C)c2ccccc2)cc1. The average molecular weight is 313 g/mol. The molecule has 0 spiro atoms. The largest absolute Gasteiger partial charge is 0.331 e. The number of nitrogens with one attached hydrogen (secondary N) is 2. The van der Waals surface area contributed by atoms with E-state index in [0.29, 0.717) is 5.11 Å². The quantitative estimate of drug-likeness (QED) is 0.612. The molecule has 0 saturated carbocycles. The number of thiocarbonyl (C=S) groups is 1. The minimum atomic E-state index is 0.577. The first-order chi connectivity index (χ1) is 10.7. The molecule has 0 heterocycles. The molecule has 0 radical (unpaired) electrons. The maximum atomic E-state index is 5.35. The maximum Gasteiger partial charge on any atom is 0.189 e. The highest BCUT2D eigenvalue weighted by Crippen LogP contribution is 2.12. The summed E-state index contributed by atoms with van der Waals surface area (Å²) in [6.07, 6.45) is 3.59. The topological polar surface area (TPSA) is 27.3 Å². The Hall–Kier alpha value is -2.07. The summed E-state index contributed by atoms with van der Waals surface area (Å²) in [6.45, 7) is 2.21. The van der Waals surface area contributed by atoms with Crippen LogP contribution in [0, 0.1) is 0 Å². The van der Waals surface area contributed by atoms with Gasteiger partial charge < -0.3 is 5.32 Å². The standard InChI is InChI=1S/C18H23N3S/c1-3-4-8-15-11-13-16(14-12-15)19-18(22)20-21(2)17-9-6-5-7-10-17/h5-7,9-14H,3-4,8H2,1-2H3,(H2,19,20,22). The van der Waals surface area contributed by atoms with E-state index in [4.69, 9.17) is 12.2 Å². The third kappa shape index (κ3) is 5.04. The molecule has 22 heavy (non-hydrogen) atoms. The van der Waals surface area contributed by atoms with Gasteiger partial charge in [0, 0.05) is 12.7 Å². The van der Waals surface area contributed by atoms with Crippen LogP contribution in [0.15, 0.2) is 54.6 Å². The van der Waals surface area contributed by atoms with Gasteiger partial charge in [-0.25, -0.2) is 0 Å². The Morgan fingerprint density at radius 3 is 2.36 bits per heavy atom. The molecule has 2 aromatic rings. The summed E-state index contributed by atoms with van der Waals surface area (Å²) in [5, 5.41) is 5.67. The molecule has 116 valence electrons. The van der Waals surface area contributed by atoms with Gasteiger partial charge in [0.1, 0.15) is 0 Å². The monoisotopic (exact) mass is 313 g/mol. The molecule has 0 bridgehead atoms. The Bertz CT molecular complexity index is 581. The molecule has 0 aromatic heterocycles. The van der Waals surface area contributed by atoms with Crippen LogP contribution in [0.2, 0.25) is 0 Å². The number of aryl methyl sites for hydroxylation is 1. The van der Waals surface area contributed by atoms with Crippen molar-refractivity contribution < 1.29 is 0 Å². The molecule has 2 rings (SSSR count). The smallest absolute Gasteiger partial charge is 0.189 e. The van der Waals surface area contributed by atoms with Crippen LogP contribution in [-0.4, -0.2) is 12.2 Å². The second kappa shape index (κ2) is 8.39. The second-order valence-electron chi connectivity index (χ2n) is 5.26. The van der Waals surface area contributed by atoms with Gasteiger partial charge >= 0.3 is 0 Å². The zero-order valence-corrected chi connectivity index (χ0v) is 14.0. The number of rotatable bonds is 6. The van der Waals surface area contributed by atoms with E-state index in [2.05, 4.69) is 41.9 Å². The lowest BCUT2D eigenvalue weighted by Gasteiger charge is -2.22. The van der Waals surface area contributed by atoms with Crippen molar-refractivity contribution in [1.82, 2.24) is 5.43 Å². The minimum absolute atomic E-state index is 0.577. The zero-order chi connectivity index (χ0) is 15.8. The lowest BCUT2D eigenvalue weighted by molar-refractivity contribution is 0.795. The number of nitrogens with zero attached hydrogens (tertiary/aromatic N) is 1. The van der Waals surface area contributed by atoms with Gasteiger partial charge in [0.25, 0.3) is 0 Å². The molecule has 3 nitrogen and oxygen atoms in total. The Labute approximate surface area is 138 Å². The summed E-state index contributed by atoms with van der Waals surface area (Å²) in [5.74, 6) is 0. The average Bonchev–Trinajstić information content (AvgIpc) is 2.55. The van der Waals surface area contributed by atoms with Gasteiger partial charge in [-0.1, -0.05) is 43.7 Å². The molecular formula is C18H23N3S. The van der Waals surface area contributed by atoms with Gasteiger partial charge in [-0.15, -0.1) is 0 Å². The summed E-state index contributed by atoms with van der Waals surface area (Å²) in [6, 6.07) is 18.5. The van der Waals surface area contributed by atoms with Crippen LogP contribution in [0.1, 0.15) is 25.3 Å². The third-order valence-corrected chi connectivity index (χ3v) is 3.64. The first-order valence-electron chi connectivity index (χ1n) is 7.64. The number of anilines is 2.